The van der Waals surface area contributed by atoms with E-state index in [0.717, 1.165) is 14.8 Å². The molecule has 0 saturated carbocycles. The maximum atomic E-state index is 12.6. The molecule has 0 spiro atoms. The van der Waals surface area contributed by atoms with Crippen LogP contribution in [-0.2, 0) is 4.79 Å². The van der Waals surface area contributed by atoms with Crippen molar-refractivity contribution in [2.75, 3.05) is 4.90 Å². The highest BCUT2D eigenvalue weighted by Crippen LogP contribution is 2.36. The van der Waals surface area contributed by atoms with Gasteiger partial charge in [-0.25, -0.2) is 0 Å². The van der Waals surface area contributed by atoms with Gasteiger partial charge in [0.05, 0.1) is 10.6 Å². The van der Waals surface area contributed by atoms with Crippen molar-refractivity contribution in [3.63, 3.8) is 0 Å². The van der Waals surface area contributed by atoms with E-state index in [4.69, 9.17) is 12.2 Å². The zero-order valence-electron chi connectivity index (χ0n) is 12.0. The largest absolute Gasteiger partial charge is 0.270 e. The topological polar surface area (TPSA) is 20.3 Å². The van der Waals surface area contributed by atoms with Crippen LogP contribution < -0.4 is 4.90 Å². The number of allylic oxidation sites excluding steroid dienone is 2. The fourth-order valence-corrected chi connectivity index (χ4v) is 4.00. The molecule has 1 aliphatic heterocycles. The second-order valence-corrected chi connectivity index (χ2v) is 7.60. The fraction of sp³-hybridized carbons (Fsp3) is 0. The quantitative estimate of drug-likeness (QED) is 0.363. The van der Waals surface area contributed by atoms with E-state index in [-0.39, 0.29) is 5.91 Å². The number of halogens is 1. The Morgan fingerprint density at radius 1 is 1.04 bits per heavy atom. The molecule has 1 heterocycles. The summed E-state index contributed by atoms with van der Waals surface area (Å²) in [6.45, 7) is 0. The van der Waals surface area contributed by atoms with Crippen molar-refractivity contribution in [1.82, 2.24) is 0 Å². The van der Waals surface area contributed by atoms with Crippen molar-refractivity contribution in [2.24, 2.45) is 0 Å². The van der Waals surface area contributed by atoms with Gasteiger partial charge in [-0.3, -0.25) is 9.69 Å². The SMILES string of the molecule is O=C1/C(=C/C=C/c2ccccc2)SC(=S)N1c1ccccc1I. The number of rotatable bonds is 3. The normalized spacial score (nSPS) is 16.7. The number of nitrogens with zero attached hydrogens (tertiary/aromatic N) is 1. The van der Waals surface area contributed by atoms with Crippen LogP contribution in [0.3, 0.4) is 0 Å². The second-order valence-electron chi connectivity index (χ2n) is 4.76. The standard InChI is InChI=1S/C18H12INOS2/c19-14-10-4-5-11-15(14)20-17(21)16(23-18(20)22)12-6-9-13-7-2-1-3-8-13/h1-12H/b9-6+,16-12-. The van der Waals surface area contributed by atoms with Crippen LogP contribution in [-0.4, -0.2) is 10.2 Å². The van der Waals surface area contributed by atoms with E-state index in [1.54, 1.807) is 4.90 Å². The lowest BCUT2D eigenvalue weighted by Crippen LogP contribution is -2.28. The predicted molar refractivity (Wildman–Crippen MR) is 110 cm³/mol. The summed E-state index contributed by atoms with van der Waals surface area (Å²) in [7, 11) is 0. The molecule has 2 aromatic carbocycles. The van der Waals surface area contributed by atoms with Crippen molar-refractivity contribution in [1.29, 1.82) is 0 Å². The smallest absolute Gasteiger partial charge is 0.268 e. The summed E-state index contributed by atoms with van der Waals surface area (Å²) in [4.78, 5) is 14.9. The van der Waals surface area contributed by atoms with Crippen LogP contribution in [0.15, 0.2) is 71.7 Å². The van der Waals surface area contributed by atoms with Crippen LogP contribution in [0.5, 0.6) is 0 Å². The number of thiocarbonyl (C=S) groups is 1. The van der Waals surface area contributed by atoms with Crippen molar-refractivity contribution < 1.29 is 4.79 Å². The lowest BCUT2D eigenvalue weighted by molar-refractivity contribution is -0.113. The molecule has 3 rings (SSSR count). The van der Waals surface area contributed by atoms with E-state index < -0.39 is 0 Å². The van der Waals surface area contributed by atoms with Crippen molar-refractivity contribution in [3.05, 3.63) is 80.8 Å². The molecule has 114 valence electrons. The van der Waals surface area contributed by atoms with Gasteiger partial charge in [0.25, 0.3) is 5.91 Å². The number of carbonyl (C=O) groups is 1. The van der Waals surface area contributed by atoms with Crippen molar-refractivity contribution >= 4 is 68.6 Å². The Morgan fingerprint density at radius 3 is 2.48 bits per heavy atom. The molecule has 23 heavy (non-hydrogen) atoms. The third-order valence-corrected chi connectivity index (χ3v) is 5.46. The highest BCUT2D eigenvalue weighted by Gasteiger charge is 2.33. The molecular weight excluding hydrogens is 437 g/mol. The molecule has 0 aliphatic carbocycles. The van der Waals surface area contributed by atoms with E-state index >= 15 is 0 Å². The molecular formula is C18H12INOS2. The minimum absolute atomic E-state index is 0.0678. The maximum Gasteiger partial charge on any atom is 0.270 e. The van der Waals surface area contributed by atoms with Gasteiger partial charge in [-0.15, -0.1) is 0 Å². The average Bonchev–Trinajstić information content (AvgIpc) is 2.83. The number of thioether (sulfide) groups is 1. The first-order valence-corrected chi connectivity index (χ1v) is 9.21. The van der Waals surface area contributed by atoms with Crippen LogP contribution in [0.1, 0.15) is 5.56 Å². The van der Waals surface area contributed by atoms with Gasteiger partial charge in [-0.2, -0.15) is 0 Å². The first-order valence-electron chi connectivity index (χ1n) is 6.91. The van der Waals surface area contributed by atoms with E-state index in [9.17, 15) is 4.79 Å². The van der Waals surface area contributed by atoms with E-state index in [1.807, 2.05) is 72.8 Å². The zero-order valence-corrected chi connectivity index (χ0v) is 15.8. The number of anilines is 1. The molecule has 2 nitrogen and oxygen atoms in total. The molecule has 2 aromatic rings. The number of benzene rings is 2. The summed E-state index contributed by atoms with van der Waals surface area (Å²) in [5, 5.41) is 0. The summed E-state index contributed by atoms with van der Waals surface area (Å²) in [5.74, 6) is -0.0678. The molecule has 1 fully saturated rings. The minimum Gasteiger partial charge on any atom is -0.268 e. The first kappa shape index (κ1) is 16.4. The third kappa shape index (κ3) is 3.73. The minimum atomic E-state index is -0.0678. The van der Waals surface area contributed by atoms with Crippen LogP contribution in [0, 0.1) is 3.57 Å². The lowest BCUT2D eigenvalue weighted by Gasteiger charge is -2.15. The molecule has 1 amide bonds. The lowest BCUT2D eigenvalue weighted by atomic mass is 10.2. The second kappa shape index (κ2) is 7.42. The first-order chi connectivity index (χ1) is 11.2. The predicted octanol–water partition coefficient (Wildman–Crippen LogP) is 5.25. The van der Waals surface area contributed by atoms with Gasteiger partial charge < -0.3 is 0 Å². The summed E-state index contributed by atoms with van der Waals surface area (Å²) < 4.78 is 1.57. The van der Waals surface area contributed by atoms with Gasteiger partial charge in [0.2, 0.25) is 0 Å². The molecule has 0 unspecified atom stereocenters. The molecule has 0 N–H and O–H groups in total. The number of hydrogen-bond donors (Lipinski definition) is 0. The molecule has 0 bridgehead atoms. The van der Waals surface area contributed by atoms with Gasteiger partial charge in [-0.1, -0.05) is 78.6 Å². The van der Waals surface area contributed by atoms with Gasteiger partial charge >= 0.3 is 0 Å². The Balaban J connectivity index is 1.83. The van der Waals surface area contributed by atoms with Gasteiger partial charge in [0, 0.05) is 3.57 Å². The molecule has 0 aromatic heterocycles. The van der Waals surface area contributed by atoms with Crippen molar-refractivity contribution in [2.45, 2.75) is 0 Å². The van der Waals surface area contributed by atoms with Crippen LogP contribution >= 0.6 is 46.6 Å². The Kier molecular flexibility index (Phi) is 5.30. The Labute approximate surface area is 158 Å². The van der Waals surface area contributed by atoms with Gasteiger partial charge in [0.15, 0.2) is 4.32 Å². The monoisotopic (exact) mass is 449 g/mol. The van der Waals surface area contributed by atoms with E-state index in [1.165, 1.54) is 11.8 Å². The van der Waals surface area contributed by atoms with Crippen LogP contribution in [0.4, 0.5) is 5.69 Å². The number of hydrogen-bond acceptors (Lipinski definition) is 3. The number of para-hydroxylation sites is 1. The number of amides is 1. The molecule has 5 heteroatoms. The maximum absolute atomic E-state index is 12.6. The van der Waals surface area contributed by atoms with E-state index in [2.05, 4.69) is 22.6 Å². The van der Waals surface area contributed by atoms with E-state index in [0.29, 0.717) is 9.23 Å². The Bertz CT molecular complexity index is 815. The fourth-order valence-electron chi connectivity index (χ4n) is 2.13. The number of carbonyl (C=O) groups excluding carboxylic acids is 1. The Morgan fingerprint density at radius 2 is 1.74 bits per heavy atom. The summed E-state index contributed by atoms with van der Waals surface area (Å²) >= 11 is 8.93. The summed E-state index contributed by atoms with van der Waals surface area (Å²) in [6.07, 6.45) is 5.68. The third-order valence-electron chi connectivity index (χ3n) is 3.22. The van der Waals surface area contributed by atoms with Gasteiger partial charge in [0.1, 0.15) is 0 Å². The van der Waals surface area contributed by atoms with Gasteiger partial charge in [-0.05, 0) is 46.4 Å². The zero-order chi connectivity index (χ0) is 16.2. The molecule has 0 atom stereocenters. The average molecular weight is 449 g/mol. The molecule has 0 radical (unpaired) electrons. The summed E-state index contributed by atoms with van der Waals surface area (Å²) in [6, 6.07) is 17.7. The highest BCUT2D eigenvalue weighted by molar-refractivity contribution is 14.1. The van der Waals surface area contributed by atoms with Crippen LogP contribution in [0.25, 0.3) is 6.08 Å². The highest BCUT2D eigenvalue weighted by atomic mass is 127. The van der Waals surface area contributed by atoms with Crippen molar-refractivity contribution in [3.8, 4) is 0 Å². The summed E-state index contributed by atoms with van der Waals surface area (Å²) in [5.41, 5.74) is 1.93. The molecule has 1 aliphatic rings. The molecule has 1 saturated heterocycles. The Hall–Kier alpha value is -1.44. The van der Waals surface area contributed by atoms with Crippen LogP contribution in [0.2, 0.25) is 0 Å².